The van der Waals surface area contributed by atoms with E-state index < -0.39 is 0 Å². The summed E-state index contributed by atoms with van der Waals surface area (Å²) in [5.74, 6) is 2.45. The van der Waals surface area contributed by atoms with E-state index in [0.29, 0.717) is 5.92 Å². The Morgan fingerprint density at radius 3 is 2.33 bits per heavy atom. The van der Waals surface area contributed by atoms with Crippen LogP contribution in [0.4, 0.5) is 5.69 Å². The molecule has 2 aromatic rings. The maximum absolute atomic E-state index is 6.34. The summed E-state index contributed by atoms with van der Waals surface area (Å²) >= 11 is 0. The van der Waals surface area contributed by atoms with Crippen LogP contribution in [0.15, 0.2) is 48.5 Å². The molecule has 0 saturated carbocycles. The third-order valence-electron chi connectivity index (χ3n) is 4.97. The molecule has 3 heteroatoms. The van der Waals surface area contributed by atoms with Gasteiger partial charge in [0.1, 0.15) is 17.6 Å². The summed E-state index contributed by atoms with van der Waals surface area (Å²) in [6, 6.07) is 16.6. The first-order valence-corrected chi connectivity index (χ1v) is 10.4. The Morgan fingerprint density at radius 2 is 1.67 bits per heavy atom. The summed E-state index contributed by atoms with van der Waals surface area (Å²) in [7, 11) is 0. The molecule has 0 bridgehead atoms. The number of ether oxygens (including phenoxy) is 2. The Bertz CT molecular complexity index is 654. The van der Waals surface area contributed by atoms with Gasteiger partial charge in [-0.05, 0) is 61.1 Å². The molecule has 0 saturated heterocycles. The maximum Gasteiger partial charge on any atom is 0.123 e. The van der Waals surface area contributed by atoms with Crippen molar-refractivity contribution in [3.05, 3.63) is 54.1 Å². The molecule has 3 nitrogen and oxygen atoms in total. The standard InChI is InChI=1S/C24H35NO2/c1-5-8-17-26-22-15-13-20(14-16-22)25-18-21(7-3)27-24-12-10-9-11-23(24)19(4)6-2/h9-16,19,21,25H,5-8,17-18H2,1-4H3/t19-,21-/m0/s1. The molecule has 0 spiro atoms. The SMILES string of the molecule is CCCCOc1ccc(NC[C@H](CC)Oc2ccccc2[C@@H](C)CC)cc1. The predicted octanol–water partition coefficient (Wildman–Crippen LogP) is 6.65. The largest absolute Gasteiger partial charge is 0.494 e. The zero-order chi connectivity index (χ0) is 19.5. The molecule has 0 aliphatic rings. The molecule has 0 aliphatic carbocycles. The van der Waals surface area contributed by atoms with Gasteiger partial charge < -0.3 is 14.8 Å². The molecule has 0 radical (unpaired) electrons. The molecule has 0 aliphatic heterocycles. The molecule has 27 heavy (non-hydrogen) atoms. The average Bonchev–Trinajstić information content (AvgIpc) is 2.72. The fourth-order valence-electron chi connectivity index (χ4n) is 2.90. The lowest BCUT2D eigenvalue weighted by Gasteiger charge is -2.22. The highest BCUT2D eigenvalue weighted by molar-refractivity contribution is 5.46. The third kappa shape index (κ3) is 6.82. The lowest BCUT2D eigenvalue weighted by atomic mass is 9.98. The third-order valence-corrected chi connectivity index (χ3v) is 4.97. The molecule has 2 rings (SSSR count). The summed E-state index contributed by atoms with van der Waals surface area (Å²) in [5.41, 5.74) is 2.39. The first-order valence-electron chi connectivity index (χ1n) is 10.4. The smallest absolute Gasteiger partial charge is 0.123 e. The van der Waals surface area contributed by atoms with Gasteiger partial charge in [0.25, 0.3) is 0 Å². The summed E-state index contributed by atoms with van der Waals surface area (Å²) in [4.78, 5) is 0. The second-order valence-corrected chi connectivity index (χ2v) is 7.10. The van der Waals surface area contributed by atoms with Crippen molar-refractivity contribution in [2.24, 2.45) is 0 Å². The van der Waals surface area contributed by atoms with E-state index in [4.69, 9.17) is 9.47 Å². The Balaban J connectivity index is 1.90. The summed E-state index contributed by atoms with van der Waals surface area (Å²) in [6.07, 6.45) is 4.45. The van der Waals surface area contributed by atoms with Crippen LogP contribution >= 0.6 is 0 Å². The summed E-state index contributed by atoms with van der Waals surface area (Å²) in [6.45, 7) is 10.4. The molecule has 0 unspecified atom stereocenters. The van der Waals surface area contributed by atoms with Crippen LogP contribution in [-0.4, -0.2) is 19.3 Å². The van der Waals surface area contributed by atoms with Crippen molar-refractivity contribution in [2.45, 2.75) is 65.4 Å². The van der Waals surface area contributed by atoms with Crippen LogP contribution in [-0.2, 0) is 0 Å². The fraction of sp³-hybridized carbons (Fsp3) is 0.500. The highest BCUT2D eigenvalue weighted by Crippen LogP contribution is 2.29. The monoisotopic (exact) mass is 369 g/mol. The Kier molecular flexibility index (Phi) is 9.03. The second-order valence-electron chi connectivity index (χ2n) is 7.10. The van der Waals surface area contributed by atoms with E-state index in [1.54, 1.807) is 0 Å². The molecule has 0 heterocycles. The van der Waals surface area contributed by atoms with E-state index in [0.717, 1.165) is 56.0 Å². The van der Waals surface area contributed by atoms with Crippen molar-refractivity contribution < 1.29 is 9.47 Å². The van der Waals surface area contributed by atoms with E-state index >= 15 is 0 Å². The minimum atomic E-state index is 0.135. The van der Waals surface area contributed by atoms with E-state index in [1.807, 2.05) is 12.1 Å². The van der Waals surface area contributed by atoms with E-state index in [2.05, 4.69) is 69.4 Å². The zero-order valence-electron chi connectivity index (χ0n) is 17.3. The van der Waals surface area contributed by atoms with Crippen molar-refractivity contribution in [3.8, 4) is 11.5 Å². The Labute approximate surface area is 165 Å². The van der Waals surface area contributed by atoms with E-state index in [1.165, 1.54) is 5.56 Å². The number of hydrogen-bond donors (Lipinski definition) is 1. The van der Waals surface area contributed by atoms with Gasteiger partial charge >= 0.3 is 0 Å². The van der Waals surface area contributed by atoms with Crippen LogP contribution in [0.2, 0.25) is 0 Å². The van der Waals surface area contributed by atoms with Crippen molar-refractivity contribution in [1.29, 1.82) is 0 Å². The topological polar surface area (TPSA) is 30.5 Å². The highest BCUT2D eigenvalue weighted by atomic mass is 16.5. The number of hydrogen-bond acceptors (Lipinski definition) is 3. The molecule has 0 aromatic heterocycles. The van der Waals surface area contributed by atoms with Gasteiger partial charge in [0, 0.05) is 5.69 Å². The zero-order valence-corrected chi connectivity index (χ0v) is 17.3. The maximum atomic E-state index is 6.34. The van der Waals surface area contributed by atoms with Crippen LogP contribution in [0.5, 0.6) is 11.5 Å². The molecule has 0 amide bonds. The predicted molar refractivity (Wildman–Crippen MR) is 115 cm³/mol. The first kappa shape index (κ1) is 21.1. The quantitative estimate of drug-likeness (QED) is 0.425. The number of rotatable bonds is 12. The van der Waals surface area contributed by atoms with Gasteiger partial charge in [0.15, 0.2) is 0 Å². The van der Waals surface area contributed by atoms with Crippen molar-refractivity contribution in [1.82, 2.24) is 0 Å². The van der Waals surface area contributed by atoms with Crippen LogP contribution in [0, 0.1) is 0 Å². The van der Waals surface area contributed by atoms with Gasteiger partial charge in [-0.25, -0.2) is 0 Å². The molecule has 2 aromatic carbocycles. The van der Waals surface area contributed by atoms with Gasteiger partial charge in [-0.3, -0.25) is 0 Å². The van der Waals surface area contributed by atoms with Gasteiger partial charge in [-0.15, -0.1) is 0 Å². The number of unbranched alkanes of at least 4 members (excludes halogenated alkanes) is 1. The van der Waals surface area contributed by atoms with Gasteiger partial charge in [-0.2, -0.15) is 0 Å². The van der Waals surface area contributed by atoms with E-state index in [-0.39, 0.29) is 6.10 Å². The Morgan fingerprint density at radius 1 is 0.926 bits per heavy atom. The molecule has 148 valence electrons. The van der Waals surface area contributed by atoms with Crippen LogP contribution < -0.4 is 14.8 Å². The molecule has 1 N–H and O–H groups in total. The van der Waals surface area contributed by atoms with Crippen molar-refractivity contribution in [3.63, 3.8) is 0 Å². The number of benzene rings is 2. The van der Waals surface area contributed by atoms with Crippen molar-refractivity contribution >= 4 is 5.69 Å². The van der Waals surface area contributed by atoms with Gasteiger partial charge in [0.2, 0.25) is 0 Å². The van der Waals surface area contributed by atoms with Gasteiger partial charge in [0.05, 0.1) is 13.2 Å². The minimum absolute atomic E-state index is 0.135. The van der Waals surface area contributed by atoms with Crippen LogP contribution in [0.1, 0.15) is 64.9 Å². The van der Waals surface area contributed by atoms with Crippen LogP contribution in [0.25, 0.3) is 0 Å². The Hall–Kier alpha value is -2.16. The number of para-hydroxylation sites is 1. The van der Waals surface area contributed by atoms with Gasteiger partial charge in [-0.1, -0.05) is 52.3 Å². The first-order chi connectivity index (χ1) is 13.2. The lowest BCUT2D eigenvalue weighted by Crippen LogP contribution is -2.26. The number of nitrogens with one attached hydrogen (secondary N) is 1. The minimum Gasteiger partial charge on any atom is -0.494 e. The second kappa shape index (κ2) is 11.5. The number of anilines is 1. The summed E-state index contributed by atoms with van der Waals surface area (Å²) < 4.78 is 12.1. The fourth-order valence-corrected chi connectivity index (χ4v) is 2.90. The van der Waals surface area contributed by atoms with E-state index in [9.17, 15) is 0 Å². The highest BCUT2D eigenvalue weighted by Gasteiger charge is 2.14. The molecule has 2 atom stereocenters. The average molecular weight is 370 g/mol. The van der Waals surface area contributed by atoms with Crippen LogP contribution in [0.3, 0.4) is 0 Å². The normalized spacial score (nSPS) is 13.0. The summed E-state index contributed by atoms with van der Waals surface area (Å²) in [5, 5.41) is 3.49. The van der Waals surface area contributed by atoms with Crippen molar-refractivity contribution in [2.75, 3.05) is 18.5 Å². The molecular weight excluding hydrogens is 334 g/mol. The lowest BCUT2D eigenvalue weighted by molar-refractivity contribution is 0.207. The molecular formula is C24H35NO2. The molecule has 0 fully saturated rings.